The zero-order valence-corrected chi connectivity index (χ0v) is 14.2. The molecule has 3 heterocycles. The van der Waals surface area contributed by atoms with Gasteiger partial charge in [-0.3, -0.25) is 4.79 Å². The molecule has 0 aliphatic carbocycles. The van der Waals surface area contributed by atoms with E-state index in [1.165, 1.54) is 6.33 Å². The summed E-state index contributed by atoms with van der Waals surface area (Å²) < 4.78 is 0. The summed E-state index contributed by atoms with van der Waals surface area (Å²) in [7, 11) is 0. The van der Waals surface area contributed by atoms with Crippen molar-refractivity contribution in [2.45, 2.75) is 19.8 Å². The smallest absolute Gasteiger partial charge is 0.257 e. The second kappa shape index (κ2) is 7.71. The van der Waals surface area contributed by atoms with Gasteiger partial charge in [0.1, 0.15) is 18.2 Å². The average Bonchev–Trinajstić information content (AvgIpc) is 2.68. The number of aromatic nitrogens is 3. The number of nitrogens with zero attached hydrogens (tertiary/aromatic N) is 6. The number of rotatable bonds is 4. The Morgan fingerprint density at radius 1 is 1.20 bits per heavy atom. The molecule has 1 aliphatic heterocycles. The zero-order chi connectivity index (χ0) is 17.6. The molecular formula is C18H20N6O. The Bertz CT molecular complexity index is 775. The summed E-state index contributed by atoms with van der Waals surface area (Å²) in [6.07, 6.45) is 6.41. The van der Waals surface area contributed by atoms with Crippen molar-refractivity contribution < 1.29 is 4.79 Å². The largest absolute Gasteiger partial charge is 0.353 e. The van der Waals surface area contributed by atoms with Gasteiger partial charge in [-0.25, -0.2) is 15.0 Å². The molecule has 0 radical (unpaired) electrons. The molecule has 0 N–H and O–H groups in total. The molecule has 0 unspecified atom stereocenters. The Labute approximate surface area is 146 Å². The maximum Gasteiger partial charge on any atom is 0.257 e. The van der Waals surface area contributed by atoms with Crippen LogP contribution in [0.4, 0.5) is 5.82 Å². The number of pyridine rings is 1. The third kappa shape index (κ3) is 3.74. The van der Waals surface area contributed by atoms with Gasteiger partial charge in [-0.1, -0.05) is 13.3 Å². The highest BCUT2D eigenvalue weighted by Crippen LogP contribution is 2.16. The Hall–Kier alpha value is -3.01. The quantitative estimate of drug-likeness (QED) is 0.844. The minimum atomic E-state index is -0.00325. The van der Waals surface area contributed by atoms with Crippen LogP contribution < -0.4 is 4.90 Å². The lowest BCUT2D eigenvalue weighted by Crippen LogP contribution is -2.49. The van der Waals surface area contributed by atoms with Crippen molar-refractivity contribution >= 4 is 11.7 Å². The van der Waals surface area contributed by atoms with Crippen molar-refractivity contribution in [2.75, 3.05) is 31.1 Å². The van der Waals surface area contributed by atoms with E-state index in [9.17, 15) is 4.79 Å². The number of hydrogen-bond acceptors (Lipinski definition) is 6. The van der Waals surface area contributed by atoms with Gasteiger partial charge >= 0.3 is 0 Å². The van der Waals surface area contributed by atoms with Gasteiger partial charge < -0.3 is 9.80 Å². The predicted octanol–water partition coefficient (Wildman–Crippen LogP) is 1.66. The lowest BCUT2D eigenvalue weighted by atomic mass is 10.1. The Morgan fingerprint density at radius 2 is 2.00 bits per heavy atom. The van der Waals surface area contributed by atoms with Gasteiger partial charge in [-0.15, -0.1) is 0 Å². The third-order valence-corrected chi connectivity index (χ3v) is 4.28. The van der Waals surface area contributed by atoms with E-state index in [1.807, 2.05) is 11.0 Å². The maximum absolute atomic E-state index is 12.8. The first-order valence-electron chi connectivity index (χ1n) is 8.42. The second-order valence-corrected chi connectivity index (χ2v) is 5.93. The first kappa shape index (κ1) is 16.8. The monoisotopic (exact) mass is 336 g/mol. The number of piperazine rings is 1. The molecule has 1 aliphatic rings. The SMILES string of the molecule is CCCc1ncncc1C(=O)N1CCN(c2ccc(C#N)cn2)CC1. The van der Waals surface area contributed by atoms with E-state index in [-0.39, 0.29) is 5.91 Å². The van der Waals surface area contributed by atoms with Gasteiger partial charge in [0.05, 0.1) is 16.8 Å². The lowest BCUT2D eigenvalue weighted by molar-refractivity contribution is 0.0744. The molecule has 7 heteroatoms. The molecule has 0 saturated carbocycles. The molecule has 25 heavy (non-hydrogen) atoms. The fourth-order valence-electron chi connectivity index (χ4n) is 2.92. The van der Waals surface area contributed by atoms with Gasteiger partial charge in [0.15, 0.2) is 0 Å². The van der Waals surface area contributed by atoms with Crippen LogP contribution in [0.25, 0.3) is 0 Å². The van der Waals surface area contributed by atoms with E-state index >= 15 is 0 Å². The van der Waals surface area contributed by atoms with Crippen LogP contribution in [0.3, 0.4) is 0 Å². The van der Waals surface area contributed by atoms with E-state index in [0.717, 1.165) is 24.4 Å². The minimum absolute atomic E-state index is 0.00325. The molecule has 0 atom stereocenters. The summed E-state index contributed by atoms with van der Waals surface area (Å²) in [6.45, 7) is 4.74. The number of nitriles is 1. The van der Waals surface area contributed by atoms with Crippen molar-refractivity contribution in [2.24, 2.45) is 0 Å². The van der Waals surface area contributed by atoms with Crippen LogP contribution in [0.1, 0.15) is 35.0 Å². The molecule has 0 bridgehead atoms. The molecule has 0 spiro atoms. The van der Waals surface area contributed by atoms with Crippen LogP contribution in [-0.2, 0) is 6.42 Å². The molecule has 2 aromatic heterocycles. The van der Waals surface area contributed by atoms with Crippen molar-refractivity contribution in [3.63, 3.8) is 0 Å². The number of hydrogen-bond donors (Lipinski definition) is 0. The molecular weight excluding hydrogens is 316 g/mol. The van der Waals surface area contributed by atoms with Crippen molar-refractivity contribution in [3.05, 3.63) is 47.7 Å². The van der Waals surface area contributed by atoms with E-state index in [1.54, 1.807) is 18.5 Å². The number of amides is 1. The Kier molecular flexibility index (Phi) is 5.19. The van der Waals surface area contributed by atoms with E-state index < -0.39 is 0 Å². The van der Waals surface area contributed by atoms with Gasteiger partial charge in [-0.2, -0.15) is 5.26 Å². The number of carbonyl (C=O) groups excluding carboxylic acids is 1. The third-order valence-electron chi connectivity index (χ3n) is 4.28. The molecule has 2 aromatic rings. The van der Waals surface area contributed by atoms with Crippen molar-refractivity contribution in [3.8, 4) is 6.07 Å². The van der Waals surface area contributed by atoms with Crippen LogP contribution in [0.5, 0.6) is 0 Å². The van der Waals surface area contributed by atoms with Crippen LogP contribution in [0.2, 0.25) is 0 Å². The Morgan fingerprint density at radius 3 is 2.64 bits per heavy atom. The summed E-state index contributed by atoms with van der Waals surface area (Å²) in [6, 6.07) is 5.68. The second-order valence-electron chi connectivity index (χ2n) is 5.93. The molecule has 7 nitrogen and oxygen atoms in total. The fraction of sp³-hybridized carbons (Fsp3) is 0.389. The molecule has 3 rings (SSSR count). The van der Waals surface area contributed by atoms with E-state index in [0.29, 0.717) is 37.3 Å². The van der Waals surface area contributed by atoms with Gasteiger partial charge in [0.2, 0.25) is 0 Å². The summed E-state index contributed by atoms with van der Waals surface area (Å²) in [4.78, 5) is 29.4. The predicted molar refractivity (Wildman–Crippen MR) is 93.1 cm³/mol. The van der Waals surface area contributed by atoms with Crippen LogP contribution >= 0.6 is 0 Å². The van der Waals surface area contributed by atoms with Crippen molar-refractivity contribution in [1.29, 1.82) is 5.26 Å². The zero-order valence-electron chi connectivity index (χ0n) is 14.2. The lowest BCUT2D eigenvalue weighted by Gasteiger charge is -2.35. The van der Waals surface area contributed by atoms with Crippen LogP contribution in [0.15, 0.2) is 30.9 Å². The highest BCUT2D eigenvalue weighted by Gasteiger charge is 2.24. The molecule has 1 amide bonds. The molecule has 1 fully saturated rings. The number of carbonyl (C=O) groups is 1. The average molecular weight is 336 g/mol. The van der Waals surface area contributed by atoms with Gasteiger partial charge in [-0.05, 0) is 18.6 Å². The normalized spacial score (nSPS) is 14.2. The molecule has 1 saturated heterocycles. The summed E-state index contributed by atoms with van der Waals surface area (Å²) >= 11 is 0. The summed E-state index contributed by atoms with van der Waals surface area (Å²) in [5, 5.41) is 8.85. The number of aryl methyl sites for hydroxylation is 1. The molecule has 0 aromatic carbocycles. The van der Waals surface area contributed by atoms with Crippen LogP contribution in [-0.4, -0.2) is 51.9 Å². The highest BCUT2D eigenvalue weighted by atomic mass is 16.2. The highest BCUT2D eigenvalue weighted by molar-refractivity contribution is 5.95. The topological polar surface area (TPSA) is 86.0 Å². The molecule has 128 valence electrons. The first-order chi connectivity index (χ1) is 12.2. The standard InChI is InChI=1S/C18H20N6O/c1-2-3-16-15(12-20-13-22-16)18(25)24-8-6-23(7-9-24)17-5-4-14(10-19)11-21-17/h4-5,11-13H,2-3,6-9H2,1H3. The first-order valence-corrected chi connectivity index (χ1v) is 8.42. The number of anilines is 1. The van der Waals surface area contributed by atoms with E-state index in [4.69, 9.17) is 5.26 Å². The minimum Gasteiger partial charge on any atom is -0.353 e. The van der Waals surface area contributed by atoms with E-state index in [2.05, 4.69) is 32.8 Å². The summed E-state index contributed by atoms with van der Waals surface area (Å²) in [5.41, 5.74) is 1.97. The van der Waals surface area contributed by atoms with Gasteiger partial charge in [0.25, 0.3) is 5.91 Å². The maximum atomic E-state index is 12.8. The van der Waals surface area contributed by atoms with Gasteiger partial charge in [0, 0.05) is 38.6 Å². The summed E-state index contributed by atoms with van der Waals surface area (Å²) in [5.74, 6) is 0.831. The fourth-order valence-corrected chi connectivity index (χ4v) is 2.92. The van der Waals surface area contributed by atoms with Crippen LogP contribution in [0, 0.1) is 11.3 Å². The van der Waals surface area contributed by atoms with Crippen molar-refractivity contribution in [1.82, 2.24) is 19.9 Å². The Balaban J connectivity index is 1.65.